The Balaban J connectivity index is 2.20. The van der Waals surface area contributed by atoms with Crippen molar-refractivity contribution in [2.45, 2.75) is 0 Å². The van der Waals surface area contributed by atoms with Crippen LogP contribution in [0.3, 0.4) is 0 Å². The van der Waals surface area contributed by atoms with E-state index in [9.17, 15) is 30.0 Å². The van der Waals surface area contributed by atoms with E-state index in [1.807, 2.05) is 0 Å². The lowest BCUT2D eigenvalue weighted by atomic mass is 9.78. The summed E-state index contributed by atoms with van der Waals surface area (Å²) in [7, 11) is 0. The molecule has 0 fully saturated rings. The number of carbonyl (C=O) groups excluding carboxylic acids is 2. The van der Waals surface area contributed by atoms with Crippen molar-refractivity contribution in [3.8, 4) is 11.5 Å². The molecule has 2 aliphatic carbocycles. The van der Waals surface area contributed by atoms with Crippen LogP contribution in [-0.2, 0) is 9.59 Å². The van der Waals surface area contributed by atoms with Gasteiger partial charge in [-0.2, -0.15) is 0 Å². The van der Waals surface area contributed by atoms with E-state index in [4.69, 9.17) is 5.73 Å². The lowest BCUT2D eigenvalue weighted by molar-refractivity contribution is -0.254. The molecular formula is C16H13N2O6+. The second-order valence-corrected chi connectivity index (χ2v) is 5.35. The Morgan fingerprint density at radius 3 is 1.96 bits per heavy atom. The average Bonchev–Trinajstić information content (AvgIpc) is 2.46. The lowest BCUT2D eigenvalue weighted by Gasteiger charge is -2.25. The number of carbonyl (C=O) groups is 2. The maximum Gasteiger partial charge on any atom is 0.202 e. The van der Waals surface area contributed by atoms with Gasteiger partial charge in [-0.05, 0) is 0 Å². The molecule has 3 rings (SSSR count). The van der Waals surface area contributed by atoms with Crippen LogP contribution in [0.5, 0.6) is 11.5 Å². The first-order chi connectivity index (χ1) is 11.2. The summed E-state index contributed by atoms with van der Waals surface area (Å²) in [5.74, 6) is -3.58. The third kappa shape index (κ3) is 2.05. The Kier molecular flexibility index (Phi) is 3.20. The van der Waals surface area contributed by atoms with E-state index in [0.29, 0.717) is 5.69 Å². The zero-order valence-corrected chi connectivity index (χ0v) is 12.2. The Hall–Kier alpha value is -3.52. The Labute approximate surface area is 134 Å². The van der Waals surface area contributed by atoms with E-state index in [-0.39, 0.29) is 22.4 Å². The molecule has 8 heteroatoms. The van der Waals surface area contributed by atoms with E-state index in [1.54, 1.807) is 0 Å². The molecule has 0 atom stereocenters. The van der Waals surface area contributed by atoms with Crippen LogP contribution >= 0.6 is 0 Å². The van der Waals surface area contributed by atoms with Crippen LogP contribution in [0, 0.1) is 0 Å². The molecule has 24 heavy (non-hydrogen) atoms. The molecule has 9 N–H and O–H groups in total. The van der Waals surface area contributed by atoms with Crippen LogP contribution in [0.25, 0.3) is 5.57 Å². The second-order valence-electron chi connectivity index (χ2n) is 5.35. The summed E-state index contributed by atoms with van der Waals surface area (Å²) < 4.78 is 0. The zero-order chi connectivity index (χ0) is 17.8. The van der Waals surface area contributed by atoms with Gasteiger partial charge in [0, 0.05) is 30.0 Å². The molecule has 0 saturated heterocycles. The minimum absolute atomic E-state index is 0.0126. The number of ketones is 2. The van der Waals surface area contributed by atoms with Crippen molar-refractivity contribution < 1.29 is 35.7 Å². The topological polar surface area (TPSA) is 169 Å². The molecule has 0 heterocycles. The van der Waals surface area contributed by atoms with Crippen LogP contribution in [0.4, 0.5) is 5.69 Å². The monoisotopic (exact) mass is 329 g/mol. The first-order valence-electron chi connectivity index (χ1n) is 6.75. The highest BCUT2D eigenvalue weighted by Gasteiger charge is 2.42. The highest BCUT2D eigenvalue weighted by molar-refractivity contribution is 6.42. The third-order valence-corrected chi connectivity index (χ3v) is 3.69. The van der Waals surface area contributed by atoms with Gasteiger partial charge in [0.1, 0.15) is 28.7 Å². The van der Waals surface area contributed by atoms with Crippen LogP contribution in [0.15, 0.2) is 52.6 Å². The molecule has 122 valence electrons. The number of benzene rings is 1. The van der Waals surface area contributed by atoms with Crippen LogP contribution < -0.4 is 11.5 Å². The van der Waals surface area contributed by atoms with Crippen molar-refractivity contribution >= 4 is 22.8 Å². The minimum Gasteiger partial charge on any atom is -0.507 e. The van der Waals surface area contributed by atoms with E-state index in [1.165, 1.54) is 12.1 Å². The summed E-state index contributed by atoms with van der Waals surface area (Å²) in [5.41, 5.74) is 7.89. The summed E-state index contributed by atoms with van der Waals surface area (Å²) in [6, 6.07) is 2.42. The predicted octanol–water partition coefficient (Wildman–Crippen LogP) is -0.0132. The maximum atomic E-state index is 12.4. The normalized spacial score (nSPS) is 20.7. The Bertz CT molecular complexity index is 926. The molecule has 0 spiro atoms. The van der Waals surface area contributed by atoms with Crippen molar-refractivity contribution in [1.82, 2.24) is 0 Å². The number of rotatable bonds is 1. The second kappa shape index (κ2) is 5.00. The number of aliphatic hydroxyl groups excluding tert-OH is 2. The number of quaternary nitrogens is 1. The van der Waals surface area contributed by atoms with Gasteiger partial charge in [0.25, 0.3) is 0 Å². The van der Waals surface area contributed by atoms with Crippen molar-refractivity contribution in [3.63, 3.8) is 0 Å². The van der Waals surface area contributed by atoms with E-state index in [2.05, 4.69) is 5.73 Å². The van der Waals surface area contributed by atoms with E-state index < -0.39 is 40.2 Å². The average molecular weight is 329 g/mol. The van der Waals surface area contributed by atoms with Crippen molar-refractivity contribution in [2.24, 2.45) is 5.73 Å². The molecule has 0 amide bonds. The van der Waals surface area contributed by atoms with Crippen LogP contribution in [-0.4, -0.2) is 32.0 Å². The van der Waals surface area contributed by atoms with Gasteiger partial charge >= 0.3 is 0 Å². The Morgan fingerprint density at radius 1 is 0.875 bits per heavy atom. The zero-order valence-electron chi connectivity index (χ0n) is 12.2. The van der Waals surface area contributed by atoms with Crippen molar-refractivity contribution in [2.75, 3.05) is 0 Å². The molecule has 1 aromatic rings. The first-order valence-corrected chi connectivity index (χ1v) is 6.75. The van der Waals surface area contributed by atoms with Gasteiger partial charge in [-0.15, -0.1) is 0 Å². The first kappa shape index (κ1) is 15.4. The number of allylic oxidation sites excluding steroid dienone is 5. The number of Topliss-reactive ketones (excluding diaryl/α,β-unsaturated/α-hetero) is 1. The minimum atomic E-state index is -0.799. The summed E-state index contributed by atoms with van der Waals surface area (Å²) in [5, 5.41) is 39.9. The Morgan fingerprint density at radius 2 is 1.46 bits per heavy atom. The number of hydrogen-bond donors (Lipinski definition) is 6. The van der Waals surface area contributed by atoms with Crippen LogP contribution in [0.1, 0.15) is 5.56 Å². The molecular weight excluding hydrogens is 316 g/mol. The van der Waals surface area contributed by atoms with Crippen LogP contribution in [0.2, 0.25) is 0 Å². The van der Waals surface area contributed by atoms with Gasteiger partial charge < -0.3 is 31.9 Å². The number of phenols is 2. The lowest BCUT2D eigenvalue weighted by Crippen LogP contribution is -2.40. The number of nitrogens with two attached hydrogens (primary N) is 1. The van der Waals surface area contributed by atoms with Gasteiger partial charge in [0.2, 0.25) is 5.78 Å². The molecule has 2 aliphatic rings. The quantitative estimate of drug-likeness (QED) is 0.393. The van der Waals surface area contributed by atoms with Gasteiger partial charge in [-0.25, -0.2) is 0 Å². The molecule has 0 bridgehead atoms. The summed E-state index contributed by atoms with van der Waals surface area (Å²) >= 11 is 0. The highest BCUT2D eigenvalue weighted by Crippen LogP contribution is 2.46. The fourth-order valence-electron chi connectivity index (χ4n) is 2.66. The smallest absolute Gasteiger partial charge is 0.202 e. The van der Waals surface area contributed by atoms with Gasteiger partial charge in [0.05, 0.1) is 22.3 Å². The van der Waals surface area contributed by atoms with Crippen molar-refractivity contribution in [3.05, 3.63) is 58.2 Å². The van der Waals surface area contributed by atoms with E-state index >= 15 is 0 Å². The molecule has 8 nitrogen and oxygen atoms in total. The fraction of sp³-hybridized carbons (Fsp3) is 0. The summed E-state index contributed by atoms with van der Waals surface area (Å²) in [4.78, 5) is 24.3. The molecule has 0 aromatic heterocycles. The SMILES string of the molecule is NC1=CC(=O)C(=C2C(=O)C(c3c(O)cc([NH3+])cc3O)=C2O)C(O)=C1. The van der Waals surface area contributed by atoms with Crippen molar-refractivity contribution in [1.29, 1.82) is 0 Å². The summed E-state index contributed by atoms with van der Waals surface area (Å²) in [6.45, 7) is 0. The molecule has 1 aromatic carbocycles. The fourth-order valence-corrected chi connectivity index (χ4v) is 2.66. The van der Waals surface area contributed by atoms with Gasteiger partial charge in [-0.3, -0.25) is 9.59 Å². The molecule has 0 radical (unpaired) electrons. The third-order valence-electron chi connectivity index (χ3n) is 3.69. The van der Waals surface area contributed by atoms with Gasteiger partial charge in [-0.1, -0.05) is 0 Å². The number of hydrogen-bond acceptors (Lipinski definition) is 7. The molecule has 0 saturated carbocycles. The highest BCUT2D eigenvalue weighted by atomic mass is 16.3. The number of aromatic hydroxyl groups is 2. The standard InChI is InChI=1S/C16H12N2O6/c17-5-1-7(19)11(8(20)2-5)13-15(23)14(16(13)24)12-9(21)3-6(18)4-10(12)22/h1-4,19-21,23H,17-18H2/p+1. The largest absolute Gasteiger partial charge is 0.507 e. The molecule has 0 aliphatic heterocycles. The predicted molar refractivity (Wildman–Crippen MR) is 81.9 cm³/mol. The van der Waals surface area contributed by atoms with Gasteiger partial charge in [0.15, 0.2) is 5.78 Å². The maximum absolute atomic E-state index is 12.4. The number of phenolic OH excluding ortho intramolecular Hbond substituents is 2. The molecule has 0 unspecified atom stereocenters. The van der Waals surface area contributed by atoms with E-state index in [0.717, 1.165) is 12.2 Å². The summed E-state index contributed by atoms with van der Waals surface area (Å²) in [6.07, 6.45) is 2.09. The number of aliphatic hydroxyl groups is 2.